The van der Waals surface area contributed by atoms with Gasteiger partial charge in [0.25, 0.3) is 5.91 Å². The lowest BCUT2D eigenvalue weighted by atomic mass is 10.0. The number of carbonyl (C=O) groups is 1. The molecule has 0 saturated carbocycles. The molecule has 1 amide bonds. The maximum absolute atomic E-state index is 13.0. The number of amides is 1. The maximum atomic E-state index is 13.0. The summed E-state index contributed by atoms with van der Waals surface area (Å²) in [5, 5.41) is 14.5. The highest BCUT2D eigenvalue weighted by atomic mass is 35.5. The Labute approximate surface area is 179 Å². The molecule has 6 nitrogen and oxygen atoms in total. The van der Waals surface area contributed by atoms with Crippen molar-refractivity contribution in [2.45, 2.75) is 20.0 Å². The average Bonchev–Trinajstić information content (AvgIpc) is 3.13. The highest BCUT2D eigenvalue weighted by Crippen LogP contribution is 2.34. The van der Waals surface area contributed by atoms with Crippen molar-refractivity contribution >= 4 is 39.3 Å². The van der Waals surface area contributed by atoms with Gasteiger partial charge >= 0.3 is 0 Å². The Kier molecular flexibility index (Phi) is 5.47. The van der Waals surface area contributed by atoms with Crippen LogP contribution in [0.2, 0.25) is 5.02 Å². The molecule has 30 heavy (non-hydrogen) atoms. The van der Waals surface area contributed by atoms with Gasteiger partial charge in [0.1, 0.15) is 0 Å². The molecule has 0 aliphatic heterocycles. The van der Waals surface area contributed by atoms with Gasteiger partial charge in [-0.3, -0.25) is 4.79 Å². The number of hydrogen-bond donors (Lipinski definition) is 4. The fourth-order valence-corrected chi connectivity index (χ4v) is 3.97. The number of halogens is 1. The molecule has 154 valence electrons. The van der Waals surface area contributed by atoms with E-state index >= 15 is 0 Å². The molecule has 2 aromatic carbocycles. The standard InChI is InChI=1S/C23H23ClN4O2/c1-12-3-4-19-15(5-12)17(11-26-19)20-8-16(23(30)27-10-14(29)9-25)22-18(24)6-13(2)7-21(22)28-20/h3-8,11,14,26,29H,9-10,25H2,1-2H3,(H,27,30). The lowest BCUT2D eigenvalue weighted by molar-refractivity contribution is 0.0921. The number of fused-ring (bicyclic) bond motifs is 2. The second-order valence-corrected chi connectivity index (χ2v) is 7.95. The summed E-state index contributed by atoms with van der Waals surface area (Å²) in [7, 11) is 0. The minimum absolute atomic E-state index is 0.0598. The zero-order valence-electron chi connectivity index (χ0n) is 16.8. The Morgan fingerprint density at radius 2 is 2.03 bits per heavy atom. The van der Waals surface area contributed by atoms with E-state index in [-0.39, 0.29) is 19.0 Å². The summed E-state index contributed by atoms with van der Waals surface area (Å²) in [5.74, 6) is -0.335. The smallest absolute Gasteiger partial charge is 0.252 e. The number of aliphatic hydroxyl groups excluding tert-OH is 1. The van der Waals surface area contributed by atoms with Crippen molar-refractivity contribution in [2.75, 3.05) is 13.1 Å². The minimum Gasteiger partial charge on any atom is -0.390 e. The summed E-state index contributed by atoms with van der Waals surface area (Å²) in [4.78, 5) is 21.1. The Balaban J connectivity index is 1.91. The van der Waals surface area contributed by atoms with Crippen LogP contribution < -0.4 is 11.1 Å². The monoisotopic (exact) mass is 422 g/mol. The van der Waals surface area contributed by atoms with Crippen LogP contribution in [0.5, 0.6) is 0 Å². The fourth-order valence-electron chi connectivity index (χ4n) is 3.60. The number of nitrogens with zero attached hydrogens (tertiary/aromatic N) is 1. The normalized spacial score (nSPS) is 12.4. The van der Waals surface area contributed by atoms with Crippen LogP contribution in [-0.2, 0) is 0 Å². The van der Waals surface area contributed by atoms with Crippen molar-refractivity contribution in [1.82, 2.24) is 15.3 Å². The Morgan fingerprint density at radius 3 is 2.80 bits per heavy atom. The van der Waals surface area contributed by atoms with Crippen LogP contribution in [-0.4, -0.2) is 40.2 Å². The summed E-state index contributed by atoms with van der Waals surface area (Å²) in [6.07, 6.45) is 1.09. The van der Waals surface area contributed by atoms with Gasteiger partial charge < -0.3 is 21.1 Å². The average molecular weight is 423 g/mol. The number of pyridine rings is 1. The van der Waals surface area contributed by atoms with Gasteiger partial charge in [-0.1, -0.05) is 23.2 Å². The zero-order chi connectivity index (χ0) is 21.4. The largest absolute Gasteiger partial charge is 0.390 e. The molecule has 0 aliphatic carbocycles. The Bertz CT molecular complexity index is 1270. The first kappa shape index (κ1) is 20.3. The quantitative estimate of drug-likeness (QED) is 0.393. The third-order valence-corrected chi connectivity index (χ3v) is 5.43. The lowest BCUT2D eigenvalue weighted by Gasteiger charge is -2.14. The number of aryl methyl sites for hydroxylation is 2. The molecular weight excluding hydrogens is 400 g/mol. The summed E-state index contributed by atoms with van der Waals surface area (Å²) >= 11 is 6.50. The predicted molar refractivity (Wildman–Crippen MR) is 121 cm³/mol. The van der Waals surface area contributed by atoms with Gasteiger partial charge in [0, 0.05) is 41.1 Å². The van der Waals surface area contributed by atoms with Crippen LogP contribution in [0.3, 0.4) is 0 Å². The molecule has 0 bridgehead atoms. The molecule has 0 spiro atoms. The van der Waals surface area contributed by atoms with E-state index < -0.39 is 6.10 Å². The number of aliphatic hydroxyl groups is 1. The van der Waals surface area contributed by atoms with Crippen molar-refractivity contribution in [2.24, 2.45) is 5.73 Å². The van der Waals surface area contributed by atoms with E-state index in [1.165, 1.54) is 0 Å². The van der Waals surface area contributed by atoms with E-state index in [0.29, 0.717) is 27.2 Å². The van der Waals surface area contributed by atoms with Gasteiger partial charge in [0.15, 0.2) is 0 Å². The molecule has 2 heterocycles. The Hall–Kier alpha value is -2.93. The zero-order valence-corrected chi connectivity index (χ0v) is 17.5. The topological polar surface area (TPSA) is 104 Å². The first-order chi connectivity index (χ1) is 14.4. The van der Waals surface area contributed by atoms with E-state index in [1.807, 2.05) is 44.3 Å². The third kappa shape index (κ3) is 3.77. The van der Waals surface area contributed by atoms with Gasteiger partial charge in [-0.15, -0.1) is 0 Å². The number of aromatic amines is 1. The van der Waals surface area contributed by atoms with Crippen LogP contribution in [0.15, 0.2) is 42.6 Å². The highest BCUT2D eigenvalue weighted by Gasteiger charge is 2.19. The molecule has 1 atom stereocenters. The van der Waals surface area contributed by atoms with Gasteiger partial charge in [0.05, 0.1) is 27.9 Å². The number of hydrogen-bond acceptors (Lipinski definition) is 4. The summed E-state index contributed by atoms with van der Waals surface area (Å²) in [6.45, 7) is 4.10. The number of carbonyl (C=O) groups excluding carboxylic acids is 1. The van der Waals surface area contributed by atoms with Crippen LogP contribution >= 0.6 is 11.6 Å². The molecule has 4 aromatic rings. The summed E-state index contributed by atoms with van der Waals surface area (Å²) < 4.78 is 0. The molecule has 7 heteroatoms. The SMILES string of the molecule is Cc1cc(Cl)c2c(C(=O)NCC(O)CN)cc(-c3c[nH]c4ccc(C)cc34)nc2c1. The second-order valence-electron chi connectivity index (χ2n) is 7.55. The van der Waals surface area contributed by atoms with Crippen molar-refractivity contribution in [3.8, 4) is 11.3 Å². The second kappa shape index (κ2) is 8.07. The summed E-state index contributed by atoms with van der Waals surface area (Å²) in [5.41, 5.74) is 11.2. The highest BCUT2D eigenvalue weighted by molar-refractivity contribution is 6.37. The number of rotatable bonds is 5. The third-order valence-electron chi connectivity index (χ3n) is 5.13. The number of benzene rings is 2. The molecule has 5 N–H and O–H groups in total. The summed E-state index contributed by atoms with van der Waals surface area (Å²) in [6, 6.07) is 11.6. The predicted octanol–water partition coefficient (Wildman–Crippen LogP) is 3.70. The fraction of sp³-hybridized carbons (Fsp3) is 0.217. The molecule has 0 aliphatic rings. The van der Waals surface area contributed by atoms with E-state index in [4.69, 9.17) is 22.3 Å². The first-order valence-corrected chi connectivity index (χ1v) is 10.1. The minimum atomic E-state index is -0.809. The lowest BCUT2D eigenvalue weighted by Crippen LogP contribution is -2.36. The van der Waals surface area contributed by atoms with E-state index in [9.17, 15) is 9.90 Å². The van der Waals surface area contributed by atoms with Gasteiger partial charge in [-0.05, 0) is 49.7 Å². The molecule has 0 fully saturated rings. The van der Waals surface area contributed by atoms with Crippen LogP contribution in [0.1, 0.15) is 21.5 Å². The number of aromatic nitrogens is 2. The van der Waals surface area contributed by atoms with Crippen molar-refractivity contribution in [3.63, 3.8) is 0 Å². The molecule has 0 saturated heterocycles. The van der Waals surface area contributed by atoms with E-state index in [2.05, 4.69) is 16.4 Å². The van der Waals surface area contributed by atoms with Crippen molar-refractivity contribution in [1.29, 1.82) is 0 Å². The van der Waals surface area contributed by atoms with Gasteiger partial charge in [-0.2, -0.15) is 0 Å². The van der Waals surface area contributed by atoms with Crippen molar-refractivity contribution < 1.29 is 9.90 Å². The molecule has 4 rings (SSSR count). The van der Waals surface area contributed by atoms with Gasteiger partial charge in [-0.25, -0.2) is 4.98 Å². The maximum Gasteiger partial charge on any atom is 0.252 e. The van der Waals surface area contributed by atoms with Crippen LogP contribution in [0, 0.1) is 13.8 Å². The number of nitrogens with two attached hydrogens (primary N) is 1. The van der Waals surface area contributed by atoms with Gasteiger partial charge in [0.2, 0.25) is 0 Å². The van der Waals surface area contributed by atoms with Crippen LogP contribution in [0.25, 0.3) is 33.1 Å². The van der Waals surface area contributed by atoms with E-state index in [1.54, 1.807) is 6.07 Å². The van der Waals surface area contributed by atoms with Crippen LogP contribution in [0.4, 0.5) is 0 Å². The van der Waals surface area contributed by atoms with E-state index in [0.717, 1.165) is 27.6 Å². The molecule has 0 radical (unpaired) electrons. The first-order valence-electron chi connectivity index (χ1n) is 9.72. The molecular formula is C23H23ClN4O2. The number of H-pyrrole nitrogens is 1. The van der Waals surface area contributed by atoms with Crippen molar-refractivity contribution in [3.05, 3.63) is 64.3 Å². The number of nitrogens with one attached hydrogen (secondary N) is 2. The molecule has 1 unspecified atom stereocenters. The Morgan fingerprint density at radius 1 is 1.23 bits per heavy atom. The molecule has 2 aromatic heterocycles.